The number of benzene rings is 1. The number of carbonyl (C=O) groups is 1. The van der Waals surface area contributed by atoms with E-state index in [4.69, 9.17) is 0 Å². The minimum absolute atomic E-state index is 0.168. The summed E-state index contributed by atoms with van der Waals surface area (Å²) in [6.45, 7) is 2.60. The zero-order chi connectivity index (χ0) is 13.8. The second-order valence-electron chi connectivity index (χ2n) is 4.98. The van der Waals surface area contributed by atoms with Crippen LogP contribution in [0, 0.1) is 5.82 Å². The zero-order valence-corrected chi connectivity index (χ0v) is 12.7. The highest BCUT2D eigenvalue weighted by atomic mass is 79.9. The van der Waals surface area contributed by atoms with Crippen molar-refractivity contribution < 1.29 is 9.18 Å². The number of halogens is 2. The van der Waals surface area contributed by atoms with Gasteiger partial charge in [0.1, 0.15) is 5.82 Å². The Bertz CT molecular complexity index is 457. The number of hydrogen-bond acceptors (Lipinski definition) is 1. The summed E-state index contributed by atoms with van der Waals surface area (Å²) in [4.78, 5) is 14.3. The van der Waals surface area contributed by atoms with Crippen molar-refractivity contribution in [1.29, 1.82) is 0 Å². The molecule has 1 aromatic rings. The lowest BCUT2D eigenvalue weighted by atomic mass is 9.93. The Labute approximate surface area is 122 Å². The van der Waals surface area contributed by atoms with Gasteiger partial charge in [0.2, 0.25) is 0 Å². The zero-order valence-electron chi connectivity index (χ0n) is 11.2. The van der Waals surface area contributed by atoms with Gasteiger partial charge in [-0.3, -0.25) is 4.79 Å². The maximum absolute atomic E-state index is 14.0. The normalized spacial score (nSPS) is 16.4. The van der Waals surface area contributed by atoms with Crippen LogP contribution in [0.25, 0.3) is 0 Å². The molecule has 2 rings (SSSR count). The van der Waals surface area contributed by atoms with E-state index in [2.05, 4.69) is 15.9 Å². The van der Waals surface area contributed by atoms with E-state index in [1.54, 1.807) is 18.2 Å². The fourth-order valence-electron chi connectivity index (χ4n) is 2.78. The first-order valence-electron chi connectivity index (χ1n) is 6.90. The van der Waals surface area contributed by atoms with Gasteiger partial charge in [-0.05, 0) is 47.8 Å². The minimum atomic E-state index is -0.457. The molecule has 1 saturated carbocycles. The lowest BCUT2D eigenvalue weighted by molar-refractivity contribution is 0.0643. The van der Waals surface area contributed by atoms with Crippen molar-refractivity contribution in [3.63, 3.8) is 0 Å². The lowest BCUT2D eigenvalue weighted by Crippen LogP contribution is -2.41. The fourth-order valence-corrected chi connectivity index (χ4v) is 3.15. The molecule has 1 aliphatic rings. The average Bonchev–Trinajstić information content (AvgIpc) is 2.44. The van der Waals surface area contributed by atoms with Gasteiger partial charge in [0.25, 0.3) is 5.91 Å². The molecule has 0 unspecified atom stereocenters. The second-order valence-corrected chi connectivity index (χ2v) is 5.84. The van der Waals surface area contributed by atoms with Crippen molar-refractivity contribution >= 4 is 21.8 Å². The van der Waals surface area contributed by atoms with Crippen LogP contribution < -0.4 is 0 Å². The van der Waals surface area contributed by atoms with Crippen LogP contribution in [0.2, 0.25) is 0 Å². The Balaban J connectivity index is 2.22. The van der Waals surface area contributed by atoms with Crippen LogP contribution in [0.1, 0.15) is 49.4 Å². The molecule has 0 atom stereocenters. The van der Waals surface area contributed by atoms with Gasteiger partial charge in [-0.1, -0.05) is 25.3 Å². The molecule has 0 spiro atoms. The van der Waals surface area contributed by atoms with E-state index >= 15 is 0 Å². The molecule has 104 valence electrons. The van der Waals surface area contributed by atoms with Crippen LogP contribution in [0.4, 0.5) is 4.39 Å². The highest BCUT2D eigenvalue weighted by molar-refractivity contribution is 9.10. The number of amides is 1. The summed E-state index contributed by atoms with van der Waals surface area (Å²) in [5, 5.41) is 0. The molecule has 0 N–H and O–H groups in total. The summed E-state index contributed by atoms with van der Waals surface area (Å²) < 4.78 is 14.4. The third-order valence-corrected chi connectivity index (χ3v) is 4.41. The summed E-state index contributed by atoms with van der Waals surface area (Å²) in [6.07, 6.45) is 5.64. The van der Waals surface area contributed by atoms with Gasteiger partial charge in [0.15, 0.2) is 0 Å². The van der Waals surface area contributed by atoms with E-state index in [0.29, 0.717) is 11.0 Å². The fraction of sp³-hybridized carbons (Fsp3) is 0.533. The SMILES string of the molecule is CCN(C(=O)c1cccc(Br)c1F)C1CCCCC1. The molecule has 1 amide bonds. The summed E-state index contributed by atoms with van der Waals surface area (Å²) in [5.41, 5.74) is 0.168. The third-order valence-electron chi connectivity index (χ3n) is 3.80. The van der Waals surface area contributed by atoms with Crippen LogP contribution in [0.15, 0.2) is 22.7 Å². The molecule has 4 heteroatoms. The number of hydrogen-bond donors (Lipinski definition) is 0. The van der Waals surface area contributed by atoms with Crippen LogP contribution >= 0.6 is 15.9 Å². The molecule has 0 saturated heterocycles. The van der Waals surface area contributed by atoms with Gasteiger partial charge in [-0.15, -0.1) is 0 Å². The van der Waals surface area contributed by atoms with Crippen molar-refractivity contribution in [2.24, 2.45) is 0 Å². The molecule has 19 heavy (non-hydrogen) atoms. The smallest absolute Gasteiger partial charge is 0.257 e. The first kappa shape index (κ1) is 14.5. The maximum Gasteiger partial charge on any atom is 0.257 e. The van der Waals surface area contributed by atoms with Crippen molar-refractivity contribution in [2.75, 3.05) is 6.54 Å². The molecule has 1 fully saturated rings. The van der Waals surface area contributed by atoms with E-state index in [-0.39, 0.29) is 17.5 Å². The van der Waals surface area contributed by atoms with E-state index in [1.165, 1.54) is 6.42 Å². The van der Waals surface area contributed by atoms with E-state index in [1.807, 2.05) is 11.8 Å². The van der Waals surface area contributed by atoms with Crippen molar-refractivity contribution in [3.05, 3.63) is 34.1 Å². The molecule has 0 aromatic heterocycles. The molecular weight excluding hydrogens is 309 g/mol. The van der Waals surface area contributed by atoms with Crippen LogP contribution in [-0.4, -0.2) is 23.4 Å². The van der Waals surface area contributed by atoms with Crippen molar-refractivity contribution in [3.8, 4) is 0 Å². The van der Waals surface area contributed by atoms with Gasteiger partial charge in [-0.2, -0.15) is 0 Å². The lowest BCUT2D eigenvalue weighted by Gasteiger charge is -2.33. The first-order chi connectivity index (χ1) is 9.15. The van der Waals surface area contributed by atoms with E-state index < -0.39 is 5.82 Å². The molecular formula is C15H19BrFNO. The van der Waals surface area contributed by atoms with Crippen molar-refractivity contribution in [1.82, 2.24) is 4.90 Å². The van der Waals surface area contributed by atoms with Crippen LogP contribution in [0.5, 0.6) is 0 Å². The van der Waals surface area contributed by atoms with Gasteiger partial charge < -0.3 is 4.90 Å². The largest absolute Gasteiger partial charge is 0.336 e. The number of carbonyl (C=O) groups excluding carboxylic acids is 1. The second kappa shape index (κ2) is 6.51. The molecule has 0 aliphatic heterocycles. The number of nitrogens with zero attached hydrogens (tertiary/aromatic N) is 1. The molecule has 1 aromatic carbocycles. The third kappa shape index (κ3) is 3.16. The monoisotopic (exact) mass is 327 g/mol. The molecule has 0 bridgehead atoms. The predicted molar refractivity (Wildman–Crippen MR) is 77.7 cm³/mol. The standard InChI is InChI=1S/C15H19BrFNO/c1-2-18(11-7-4-3-5-8-11)15(19)12-9-6-10-13(16)14(12)17/h6,9-11H,2-5,7-8H2,1H3. The molecule has 1 aliphatic carbocycles. The molecule has 2 nitrogen and oxygen atoms in total. The Hall–Kier alpha value is -0.900. The topological polar surface area (TPSA) is 20.3 Å². The van der Waals surface area contributed by atoms with Gasteiger partial charge in [0, 0.05) is 12.6 Å². The Morgan fingerprint density at radius 2 is 2.05 bits per heavy atom. The Kier molecular flexibility index (Phi) is 4.97. The molecule has 0 radical (unpaired) electrons. The quantitative estimate of drug-likeness (QED) is 0.806. The Morgan fingerprint density at radius 1 is 1.37 bits per heavy atom. The first-order valence-corrected chi connectivity index (χ1v) is 7.69. The summed E-state index contributed by atoms with van der Waals surface area (Å²) in [5.74, 6) is -0.644. The van der Waals surface area contributed by atoms with Gasteiger partial charge in [0.05, 0.1) is 10.0 Å². The van der Waals surface area contributed by atoms with Gasteiger partial charge >= 0.3 is 0 Å². The van der Waals surface area contributed by atoms with Crippen molar-refractivity contribution in [2.45, 2.75) is 45.1 Å². The summed E-state index contributed by atoms with van der Waals surface area (Å²) in [7, 11) is 0. The predicted octanol–water partition coefficient (Wildman–Crippen LogP) is 4.38. The van der Waals surface area contributed by atoms with Crippen LogP contribution in [-0.2, 0) is 0 Å². The van der Waals surface area contributed by atoms with E-state index in [0.717, 1.165) is 25.7 Å². The number of rotatable bonds is 3. The minimum Gasteiger partial charge on any atom is -0.336 e. The highest BCUT2D eigenvalue weighted by Crippen LogP contribution is 2.26. The highest BCUT2D eigenvalue weighted by Gasteiger charge is 2.26. The van der Waals surface area contributed by atoms with Gasteiger partial charge in [-0.25, -0.2) is 4.39 Å². The summed E-state index contributed by atoms with van der Waals surface area (Å²) in [6, 6.07) is 5.15. The molecule has 0 heterocycles. The van der Waals surface area contributed by atoms with E-state index in [9.17, 15) is 9.18 Å². The average molecular weight is 328 g/mol. The maximum atomic E-state index is 14.0. The summed E-state index contributed by atoms with van der Waals surface area (Å²) >= 11 is 3.14. The van der Waals surface area contributed by atoms with Crippen LogP contribution in [0.3, 0.4) is 0 Å². The Morgan fingerprint density at radius 3 is 2.68 bits per heavy atom.